The molecule has 10 heteroatoms. The van der Waals surface area contributed by atoms with Crippen LogP contribution in [0.2, 0.25) is 0 Å². The number of anilines is 2. The monoisotopic (exact) mass is 401 g/mol. The highest BCUT2D eigenvalue weighted by molar-refractivity contribution is 5.85. The first kappa shape index (κ1) is 17.2. The predicted octanol–water partition coefficient (Wildman–Crippen LogP) is 2.43. The topological polar surface area (TPSA) is 108 Å². The van der Waals surface area contributed by atoms with E-state index < -0.39 is 0 Å². The molecule has 0 radical (unpaired) electrons. The number of aromatic nitrogens is 7. The van der Waals surface area contributed by atoms with Gasteiger partial charge < -0.3 is 10.1 Å². The van der Waals surface area contributed by atoms with E-state index in [9.17, 15) is 0 Å². The smallest absolute Gasteiger partial charge is 0.229 e. The lowest BCUT2D eigenvalue weighted by atomic mass is 10.1. The first-order valence-electron chi connectivity index (χ1n) is 9.94. The van der Waals surface area contributed by atoms with Gasteiger partial charge in [0.05, 0.1) is 36.4 Å². The van der Waals surface area contributed by atoms with Crippen molar-refractivity contribution in [3.63, 3.8) is 0 Å². The molecule has 0 saturated carbocycles. The van der Waals surface area contributed by atoms with E-state index in [1.165, 1.54) is 5.56 Å². The molecule has 0 aliphatic carbocycles. The van der Waals surface area contributed by atoms with E-state index in [2.05, 4.69) is 41.8 Å². The van der Waals surface area contributed by atoms with Gasteiger partial charge in [0, 0.05) is 25.6 Å². The maximum atomic E-state index is 5.43. The summed E-state index contributed by atoms with van der Waals surface area (Å²) in [4.78, 5) is 13.3. The van der Waals surface area contributed by atoms with Gasteiger partial charge in [-0.05, 0) is 36.1 Å². The Bertz CT molecular complexity index is 1250. The Morgan fingerprint density at radius 2 is 2.07 bits per heavy atom. The van der Waals surface area contributed by atoms with Gasteiger partial charge >= 0.3 is 0 Å². The molecule has 0 unspecified atom stereocenters. The van der Waals surface area contributed by atoms with Crippen LogP contribution >= 0.6 is 0 Å². The van der Waals surface area contributed by atoms with Crippen LogP contribution in [0.5, 0.6) is 0 Å². The summed E-state index contributed by atoms with van der Waals surface area (Å²) in [6.45, 7) is 2.24. The van der Waals surface area contributed by atoms with Crippen LogP contribution in [0.3, 0.4) is 0 Å². The molecule has 5 heterocycles. The molecule has 1 fully saturated rings. The van der Waals surface area contributed by atoms with Crippen LogP contribution in [0.1, 0.15) is 30.0 Å². The quantitative estimate of drug-likeness (QED) is 0.559. The third kappa shape index (κ3) is 3.01. The van der Waals surface area contributed by atoms with Crippen molar-refractivity contribution in [2.45, 2.75) is 25.4 Å². The van der Waals surface area contributed by atoms with Gasteiger partial charge in [0.2, 0.25) is 5.95 Å². The van der Waals surface area contributed by atoms with Crippen LogP contribution in [0.25, 0.3) is 16.9 Å². The molecule has 1 aromatic carbocycles. The third-order valence-electron chi connectivity index (χ3n) is 5.48. The van der Waals surface area contributed by atoms with E-state index >= 15 is 0 Å². The fourth-order valence-electron chi connectivity index (χ4n) is 3.87. The molecule has 1 N–H and O–H groups in total. The minimum absolute atomic E-state index is 0.368. The Morgan fingerprint density at radius 1 is 1.13 bits per heavy atom. The van der Waals surface area contributed by atoms with E-state index in [1.54, 1.807) is 17.1 Å². The van der Waals surface area contributed by atoms with Gasteiger partial charge in [0.15, 0.2) is 11.2 Å². The molecule has 2 aliphatic rings. The van der Waals surface area contributed by atoms with E-state index in [1.807, 2.05) is 29.2 Å². The van der Waals surface area contributed by atoms with Gasteiger partial charge in [-0.3, -0.25) is 9.67 Å². The molecule has 6 rings (SSSR count). The minimum atomic E-state index is 0.368. The van der Waals surface area contributed by atoms with Gasteiger partial charge in [0.25, 0.3) is 0 Å². The maximum absolute atomic E-state index is 5.43. The van der Waals surface area contributed by atoms with Crippen molar-refractivity contribution < 1.29 is 4.74 Å². The van der Waals surface area contributed by atoms with Crippen molar-refractivity contribution in [3.05, 3.63) is 47.9 Å². The van der Waals surface area contributed by atoms with Crippen LogP contribution < -0.4 is 5.32 Å². The summed E-state index contributed by atoms with van der Waals surface area (Å²) in [6, 6.07) is 6.48. The Hall–Kier alpha value is -3.66. The Kier molecular flexibility index (Phi) is 4.01. The van der Waals surface area contributed by atoms with Crippen molar-refractivity contribution >= 4 is 29.0 Å². The van der Waals surface area contributed by atoms with Crippen molar-refractivity contribution in [2.24, 2.45) is 4.99 Å². The molecule has 1 saturated heterocycles. The Morgan fingerprint density at radius 3 is 3.00 bits per heavy atom. The number of hydrogen-bond acceptors (Lipinski definition) is 8. The summed E-state index contributed by atoms with van der Waals surface area (Å²) in [5.74, 6) is 0.474. The Balaban J connectivity index is 1.29. The van der Waals surface area contributed by atoms with E-state index in [0.29, 0.717) is 29.7 Å². The molecule has 30 heavy (non-hydrogen) atoms. The van der Waals surface area contributed by atoms with Crippen molar-refractivity contribution in [1.82, 2.24) is 34.7 Å². The summed E-state index contributed by atoms with van der Waals surface area (Å²) >= 11 is 0. The zero-order valence-electron chi connectivity index (χ0n) is 16.1. The van der Waals surface area contributed by atoms with Crippen LogP contribution in [-0.2, 0) is 11.3 Å². The zero-order chi connectivity index (χ0) is 19.9. The minimum Gasteiger partial charge on any atom is -0.381 e. The lowest BCUT2D eigenvalue weighted by Crippen LogP contribution is -2.19. The molecule has 0 atom stereocenters. The lowest BCUT2D eigenvalue weighted by molar-refractivity contribution is 0.0662. The third-order valence-corrected chi connectivity index (χ3v) is 5.48. The summed E-state index contributed by atoms with van der Waals surface area (Å²) < 4.78 is 9.15. The molecule has 0 amide bonds. The number of fused-ring (bicyclic) bond motifs is 2. The van der Waals surface area contributed by atoms with Crippen LogP contribution in [0, 0.1) is 0 Å². The summed E-state index contributed by atoms with van der Waals surface area (Å²) in [6.07, 6.45) is 9.29. The number of hydrogen-bond donors (Lipinski definition) is 1. The van der Waals surface area contributed by atoms with E-state index in [0.717, 1.165) is 43.0 Å². The molecule has 2 aliphatic heterocycles. The standard InChI is InChI=1S/C20H19N9O/c1-2-17(7-14-9-21-8-13(1)14)29-19-18(26-27-29)11-22-20(25-19)24-15-10-23-28(12-15)16-3-5-30-6-4-16/h1-2,7-8,10-12,16H,3-6,9H2,(H,22,24,25). The number of aliphatic imine (C=N–C) groups is 1. The number of ether oxygens (including phenoxy) is 1. The second-order valence-electron chi connectivity index (χ2n) is 7.43. The maximum Gasteiger partial charge on any atom is 0.229 e. The number of nitrogens with one attached hydrogen (secondary N) is 1. The molecule has 0 bridgehead atoms. The molecule has 3 aromatic heterocycles. The zero-order valence-corrected chi connectivity index (χ0v) is 16.1. The van der Waals surface area contributed by atoms with Gasteiger partial charge in [0.1, 0.15) is 0 Å². The average molecular weight is 401 g/mol. The molecule has 0 spiro atoms. The summed E-state index contributed by atoms with van der Waals surface area (Å²) in [5, 5.41) is 16.2. The largest absolute Gasteiger partial charge is 0.381 e. The Labute approximate surface area is 171 Å². The lowest BCUT2D eigenvalue weighted by Gasteiger charge is -2.22. The van der Waals surface area contributed by atoms with Gasteiger partial charge in [-0.2, -0.15) is 14.8 Å². The van der Waals surface area contributed by atoms with Crippen LogP contribution in [0.15, 0.2) is 41.8 Å². The molecule has 4 aromatic rings. The fourth-order valence-corrected chi connectivity index (χ4v) is 3.87. The van der Waals surface area contributed by atoms with E-state index in [-0.39, 0.29) is 0 Å². The molecular weight excluding hydrogens is 382 g/mol. The van der Waals surface area contributed by atoms with Crippen molar-refractivity contribution in [3.8, 4) is 5.69 Å². The normalized spacial score (nSPS) is 16.3. The summed E-state index contributed by atoms with van der Waals surface area (Å²) in [5.41, 5.74) is 5.33. The average Bonchev–Trinajstić information content (AvgIpc) is 3.53. The number of rotatable bonds is 4. The van der Waals surface area contributed by atoms with Gasteiger partial charge in [-0.25, -0.2) is 4.98 Å². The van der Waals surface area contributed by atoms with Crippen molar-refractivity contribution in [2.75, 3.05) is 18.5 Å². The van der Waals surface area contributed by atoms with Crippen LogP contribution in [0.4, 0.5) is 11.6 Å². The van der Waals surface area contributed by atoms with Gasteiger partial charge in [-0.15, -0.1) is 5.10 Å². The first-order valence-corrected chi connectivity index (χ1v) is 9.94. The second-order valence-corrected chi connectivity index (χ2v) is 7.43. The molecule has 150 valence electrons. The molecular formula is C20H19N9O. The van der Waals surface area contributed by atoms with Crippen LogP contribution in [-0.4, -0.2) is 54.2 Å². The van der Waals surface area contributed by atoms with Crippen molar-refractivity contribution in [1.29, 1.82) is 0 Å². The number of benzene rings is 1. The van der Waals surface area contributed by atoms with E-state index in [4.69, 9.17) is 4.74 Å². The van der Waals surface area contributed by atoms with Gasteiger partial charge in [-0.1, -0.05) is 11.3 Å². The second kappa shape index (κ2) is 6.99. The highest BCUT2D eigenvalue weighted by Gasteiger charge is 2.17. The highest BCUT2D eigenvalue weighted by atomic mass is 16.5. The highest BCUT2D eigenvalue weighted by Crippen LogP contribution is 2.24. The SMILES string of the molecule is C1=NCc2cc(-n3nnc4cnc(Nc5cnn(C6CCOCC6)c5)nc43)ccc21. The fraction of sp³-hybridized carbons (Fsp3) is 0.300. The molecule has 10 nitrogen and oxygen atoms in total. The first-order chi connectivity index (χ1) is 14.8. The predicted molar refractivity (Wildman–Crippen MR) is 110 cm³/mol. The summed E-state index contributed by atoms with van der Waals surface area (Å²) in [7, 11) is 0. The number of nitrogens with zero attached hydrogens (tertiary/aromatic N) is 8.